The van der Waals surface area contributed by atoms with Gasteiger partial charge in [-0.1, -0.05) is 68.8 Å². The smallest absolute Gasteiger partial charge is 0.305 e. The highest BCUT2D eigenvalue weighted by Gasteiger charge is 2.20. The zero-order chi connectivity index (χ0) is 19.3. The van der Waals surface area contributed by atoms with Gasteiger partial charge in [0.1, 0.15) is 0 Å². The molecule has 0 aliphatic heterocycles. The van der Waals surface area contributed by atoms with Gasteiger partial charge in [0.15, 0.2) is 0 Å². The van der Waals surface area contributed by atoms with Gasteiger partial charge in [0.25, 0.3) is 0 Å². The number of carbonyl (C=O) groups is 2. The lowest BCUT2D eigenvalue weighted by atomic mass is 9.86. The molecule has 2 aromatic rings. The van der Waals surface area contributed by atoms with Gasteiger partial charge in [-0.15, -0.1) is 0 Å². The molecular weight excluding hydrogens is 350 g/mol. The van der Waals surface area contributed by atoms with E-state index in [4.69, 9.17) is 11.6 Å². The van der Waals surface area contributed by atoms with Gasteiger partial charge in [0.2, 0.25) is 5.91 Å². The van der Waals surface area contributed by atoms with Crippen LogP contribution in [0.3, 0.4) is 0 Å². The maximum absolute atomic E-state index is 12.4. The van der Waals surface area contributed by atoms with E-state index in [1.54, 1.807) is 24.3 Å². The molecule has 5 heteroatoms. The van der Waals surface area contributed by atoms with Crippen LogP contribution < -0.4 is 5.32 Å². The second-order valence-corrected chi connectivity index (χ2v) is 7.83. The Morgan fingerprint density at radius 1 is 1.04 bits per heavy atom. The standard InChI is InChI=1S/C21H24ClNO3/c1-21(2,3)16-8-6-15(7-9-16)18(13-20(25)26)23-19(24)12-14-4-10-17(22)11-5-14/h4-11,18H,12-13H2,1-3H3,(H,23,24)(H,25,26)/t18-/m1/s1. The summed E-state index contributed by atoms with van der Waals surface area (Å²) in [5, 5.41) is 12.6. The normalized spacial score (nSPS) is 12.5. The molecule has 2 N–H and O–H groups in total. The second-order valence-electron chi connectivity index (χ2n) is 7.39. The number of halogens is 1. The summed E-state index contributed by atoms with van der Waals surface area (Å²) in [6.45, 7) is 6.35. The Kier molecular flexibility index (Phi) is 6.43. The van der Waals surface area contributed by atoms with Crippen molar-refractivity contribution in [3.63, 3.8) is 0 Å². The summed E-state index contributed by atoms with van der Waals surface area (Å²) in [5.74, 6) is -1.18. The molecule has 4 nitrogen and oxygen atoms in total. The molecule has 26 heavy (non-hydrogen) atoms. The largest absolute Gasteiger partial charge is 0.481 e. The van der Waals surface area contributed by atoms with Crippen molar-refractivity contribution < 1.29 is 14.7 Å². The van der Waals surface area contributed by atoms with E-state index < -0.39 is 12.0 Å². The summed E-state index contributed by atoms with van der Waals surface area (Å²) in [4.78, 5) is 23.6. The minimum absolute atomic E-state index is 0.0126. The minimum Gasteiger partial charge on any atom is -0.481 e. The average Bonchev–Trinajstić information content (AvgIpc) is 2.55. The van der Waals surface area contributed by atoms with Crippen LogP contribution in [-0.2, 0) is 21.4 Å². The Bertz CT molecular complexity index is 761. The third kappa shape index (κ3) is 5.88. The van der Waals surface area contributed by atoms with Gasteiger partial charge in [0, 0.05) is 5.02 Å². The van der Waals surface area contributed by atoms with E-state index in [-0.39, 0.29) is 24.2 Å². The van der Waals surface area contributed by atoms with Crippen LogP contribution in [0.25, 0.3) is 0 Å². The molecule has 0 fully saturated rings. The van der Waals surface area contributed by atoms with Crippen LogP contribution in [0.1, 0.15) is 49.9 Å². The zero-order valence-electron chi connectivity index (χ0n) is 15.3. The lowest BCUT2D eigenvalue weighted by Crippen LogP contribution is -2.31. The number of carboxylic acids is 1. The molecule has 0 spiro atoms. The Morgan fingerprint density at radius 2 is 1.62 bits per heavy atom. The van der Waals surface area contributed by atoms with Gasteiger partial charge in [-0.05, 0) is 34.2 Å². The van der Waals surface area contributed by atoms with Crippen molar-refractivity contribution in [2.24, 2.45) is 0 Å². The Morgan fingerprint density at radius 3 is 2.12 bits per heavy atom. The van der Waals surface area contributed by atoms with Crippen LogP contribution in [0.2, 0.25) is 5.02 Å². The Labute approximate surface area is 159 Å². The van der Waals surface area contributed by atoms with Gasteiger partial charge < -0.3 is 10.4 Å². The van der Waals surface area contributed by atoms with E-state index >= 15 is 0 Å². The first-order valence-electron chi connectivity index (χ1n) is 8.51. The molecule has 0 aromatic heterocycles. The number of hydrogen-bond acceptors (Lipinski definition) is 2. The highest BCUT2D eigenvalue weighted by Crippen LogP contribution is 2.25. The summed E-state index contributed by atoms with van der Waals surface area (Å²) < 4.78 is 0. The van der Waals surface area contributed by atoms with E-state index in [1.165, 1.54) is 0 Å². The predicted octanol–water partition coefficient (Wildman–Crippen LogP) is 4.51. The average molecular weight is 374 g/mol. The molecule has 0 bridgehead atoms. The fourth-order valence-electron chi connectivity index (χ4n) is 2.68. The Balaban J connectivity index is 2.12. The van der Waals surface area contributed by atoms with Crippen molar-refractivity contribution in [2.45, 2.75) is 45.1 Å². The summed E-state index contributed by atoms with van der Waals surface area (Å²) in [5.41, 5.74) is 2.77. The molecule has 0 unspecified atom stereocenters. The lowest BCUT2D eigenvalue weighted by molar-refractivity contribution is -0.137. The number of aliphatic carboxylic acids is 1. The number of nitrogens with one attached hydrogen (secondary N) is 1. The number of carbonyl (C=O) groups excluding carboxylic acids is 1. The maximum atomic E-state index is 12.4. The molecule has 1 amide bonds. The van der Waals surface area contributed by atoms with Gasteiger partial charge in [0.05, 0.1) is 18.9 Å². The maximum Gasteiger partial charge on any atom is 0.305 e. The lowest BCUT2D eigenvalue weighted by Gasteiger charge is -2.22. The first-order valence-corrected chi connectivity index (χ1v) is 8.89. The summed E-state index contributed by atoms with van der Waals surface area (Å²) in [7, 11) is 0. The van der Waals surface area contributed by atoms with Crippen molar-refractivity contribution in [1.29, 1.82) is 0 Å². The third-order valence-corrected chi connectivity index (χ3v) is 4.42. The summed E-state index contributed by atoms with van der Waals surface area (Å²) >= 11 is 5.85. The molecule has 1 atom stereocenters. The molecule has 0 saturated heterocycles. The highest BCUT2D eigenvalue weighted by atomic mass is 35.5. The zero-order valence-corrected chi connectivity index (χ0v) is 16.0. The van der Waals surface area contributed by atoms with Crippen LogP contribution in [0.5, 0.6) is 0 Å². The molecule has 2 rings (SSSR count). The van der Waals surface area contributed by atoms with E-state index in [2.05, 4.69) is 26.1 Å². The first-order chi connectivity index (χ1) is 12.1. The first kappa shape index (κ1) is 20.0. The third-order valence-electron chi connectivity index (χ3n) is 4.17. The second kappa shape index (κ2) is 8.37. The molecule has 0 saturated carbocycles. The number of benzene rings is 2. The van der Waals surface area contributed by atoms with Crippen molar-refractivity contribution in [1.82, 2.24) is 5.32 Å². The van der Waals surface area contributed by atoms with Crippen LogP contribution in [0, 0.1) is 0 Å². The summed E-state index contributed by atoms with van der Waals surface area (Å²) in [6, 6.07) is 14.2. The fraction of sp³-hybridized carbons (Fsp3) is 0.333. The van der Waals surface area contributed by atoms with E-state index in [9.17, 15) is 14.7 Å². The van der Waals surface area contributed by atoms with Crippen molar-refractivity contribution >= 4 is 23.5 Å². The van der Waals surface area contributed by atoms with Crippen molar-refractivity contribution in [3.8, 4) is 0 Å². The molecule has 0 aliphatic carbocycles. The molecular formula is C21H24ClNO3. The highest BCUT2D eigenvalue weighted by molar-refractivity contribution is 6.30. The van der Waals surface area contributed by atoms with Crippen molar-refractivity contribution in [2.75, 3.05) is 0 Å². The predicted molar refractivity (Wildman–Crippen MR) is 103 cm³/mol. The quantitative estimate of drug-likeness (QED) is 0.782. The Hall–Kier alpha value is -2.33. The van der Waals surface area contributed by atoms with Gasteiger partial charge in [-0.2, -0.15) is 0 Å². The molecule has 0 radical (unpaired) electrons. The number of hydrogen-bond donors (Lipinski definition) is 2. The number of amides is 1. The molecule has 138 valence electrons. The van der Waals surface area contributed by atoms with Gasteiger partial charge in [-0.25, -0.2) is 0 Å². The number of rotatable bonds is 6. The van der Waals surface area contributed by atoms with Crippen LogP contribution in [0.15, 0.2) is 48.5 Å². The van der Waals surface area contributed by atoms with Gasteiger partial charge in [-0.3, -0.25) is 9.59 Å². The van der Waals surface area contributed by atoms with Crippen LogP contribution in [-0.4, -0.2) is 17.0 Å². The minimum atomic E-state index is -0.957. The summed E-state index contributed by atoms with van der Waals surface area (Å²) in [6.07, 6.45) is 0.00852. The fourth-order valence-corrected chi connectivity index (χ4v) is 2.80. The monoisotopic (exact) mass is 373 g/mol. The van der Waals surface area contributed by atoms with E-state index in [1.807, 2.05) is 24.3 Å². The SMILES string of the molecule is CC(C)(C)c1ccc([C@@H](CC(=O)O)NC(=O)Cc2ccc(Cl)cc2)cc1. The topological polar surface area (TPSA) is 66.4 Å². The van der Waals surface area contributed by atoms with E-state index in [0.717, 1.165) is 16.7 Å². The molecule has 2 aromatic carbocycles. The van der Waals surface area contributed by atoms with Gasteiger partial charge >= 0.3 is 5.97 Å². The van der Waals surface area contributed by atoms with Crippen molar-refractivity contribution in [3.05, 3.63) is 70.2 Å². The molecule has 0 aliphatic rings. The molecule has 0 heterocycles. The van der Waals surface area contributed by atoms with E-state index in [0.29, 0.717) is 5.02 Å². The number of carboxylic acid groups (broad SMARTS) is 1. The van der Waals surface area contributed by atoms with Crippen LogP contribution in [0.4, 0.5) is 0 Å². The van der Waals surface area contributed by atoms with Crippen LogP contribution >= 0.6 is 11.6 Å².